The summed E-state index contributed by atoms with van der Waals surface area (Å²) in [5, 5.41) is 6.62. The first-order valence-electron chi connectivity index (χ1n) is 7.82. The van der Waals surface area contributed by atoms with Gasteiger partial charge in [-0.3, -0.25) is 9.69 Å². The van der Waals surface area contributed by atoms with Crippen LogP contribution >= 0.6 is 0 Å². The lowest BCUT2D eigenvalue weighted by molar-refractivity contribution is -0.124. The zero-order chi connectivity index (χ0) is 13.8. The maximum atomic E-state index is 12.2. The SMILES string of the molecule is CC1CCCC(NC(=O)CN2CCNCC2C)C1C. The van der Waals surface area contributed by atoms with Gasteiger partial charge < -0.3 is 10.6 Å². The molecule has 0 spiro atoms. The average Bonchev–Trinajstić information content (AvgIpc) is 2.38. The summed E-state index contributed by atoms with van der Waals surface area (Å²) in [6.45, 7) is 10.3. The van der Waals surface area contributed by atoms with Crippen molar-refractivity contribution in [3.63, 3.8) is 0 Å². The molecule has 0 aromatic carbocycles. The summed E-state index contributed by atoms with van der Waals surface area (Å²) < 4.78 is 0. The Hall–Kier alpha value is -0.610. The summed E-state index contributed by atoms with van der Waals surface area (Å²) in [7, 11) is 0. The van der Waals surface area contributed by atoms with Gasteiger partial charge in [-0.05, 0) is 25.2 Å². The van der Waals surface area contributed by atoms with Crippen LogP contribution in [0.5, 0.6) is 0 Å². The normalized spacial score (nSPS) is 37.0. The van der Waals surface area contributed by atoms with Crippen molar-refractivity contribution in [2.45, 2.75) is 52.1 Å². The molecule has 0 radical (unpaired) electrons. The lowest BCUT2D eigenvalue weighted by atomic mass is 9.78. The van der Waals surface area contributed by atoms with E-state index in [0.717, 1.165) is 32.0 Å². The number of hydrogen-bond donors (Lipinski definition) is 2. The molecule has 0 aromatic rings. The predicted octanol–water partition coefficient (Wildman–Crippen LogP) is 1.22. The van der Waals surface area contributed by atoms with E-state index in [-0.39, 0.29) is 5.91 Å². The van der Waals surface area contributed by atoms with Crippen molar-refractivity contribution in [3.8, 4) is 0 Å². The van der Waals surface area contributed by atoms with Crippen LogP contribution in [0.4, 0.5) is 0 Å². The van der Waals surface area contributed by atoms with Gasteiger partial charge in [0.15, 0.2) is 0 Å². The molecule has 1 aliphatic carbocycles. The molecule has 1 saturated heterocycles. The van der Waals surface area contributed by atoms with Gasteiger partial charge >= 0.3 is 0 Å². The third-order valence-corrected chi connectivity index (χ3v) is 5.04. The number of piperazine rings is 1. The van der Waals surface area contributed by atoms with Crippen LogP contribution in [0.2, 0.25) is 0 Å². The largest absolute Gasteiger partial charge is 0.352 e. The number of amides is 1. The van der Waals surface area contributed by atoms with Crippen LogP contribution in [-0.4, -0.2) is 49.1 Å². The van der Waals surface area contributed by atoms with E-state index in [1.165, 1.54) is 12.8 Å². The van der Waals surface area contributed by atoms with E-state index < -0.39 is 0 Å². The number of hydrogen-bond acceptors (Lipinski definition) is 3. The maximum Gasteiger partial charge on any atom is 0.234 e. The highest BCUT2D eigenvalue weighted by atomic mass is 16.2. The fourth-order valence-corrected chi connectivity index (χ4v) is 3.34. The molecule has 1 amide bonds. The molecular weight excluding hydrogens is 238 g/mol. The minimum atomic E-state index is 0.208. The summed E-state index contributed by atoms with van der Waals surface area (Å²) in [5.74, 6) is 1.55. The molecule has 0 aromatic heterocycles. The maximum absolute atomic E-state index is 12.2. The van der Waals surface area contributed by atoms with Gasteiger partial charge in [-0.2, -0.15) is 0 Å². The van der Waals surface area contributed by atoms with Crippen LogP contribution < -0.4 is 10.6 Å². The number of carbonyl (C=O) groups is 1. The third kappa shape index (κ3) is 3.93. The van der Waals surface area contributed by atoms with Crippen LogP contribution in [0.3, 0.4) is 0 Å². The number of nitrogens with zero attached hydrogens (tertiary/aromatic N) is 1. The molecule has 4 atom stereocenters. The van der Waals surface area contributed by atoms with Crippen molar-refractivity contribution in [2.75, 3.05) is 26.2 Å². The molecule has 1 aliphatic heterocycles. The molecule has 2 N–H and O–H groups in total. The Morgan fingerprint density at radius 2 is 2.11 bits per heavy atom. The van der Waals surface area contributed by atoms with E-state index in [1.54, 1.807) is 0 Å². The first-order valence-corrected chi connectivity index (χ1v) is 7.82. The fraction of sp³-hybridized carbons (Fsp3) is 0.933. The zero-order valence-corrected chi connectivity index (χ0v) is 12.6. The van der Waals surface area contributed by atoms with Crippen LogP contribution in [0.15, 0.2) is 0 Å². The molecule has 2 fully saturated rings. The predicted molar refractivity (Wildman–Crippen MR) is 78.0 cm³/mol. The number of rotatable bonds is 3. The van der Waals surface area contributed by atoms with Crippen LogP contribution in [0.25, 0.3) is 0 Å². The first kappa shape index (κ1) is 14.8. The van der Waals surface area contributed by atoms with Gasteiger partial charge in [0.2, 0.25) is 5.91 Å². The van der Waals surface area contributed by atoms with E-state index in [2.05, 4.69) is 36.3 Å². The summed E-state index contributed by atoms with van der Waals surface area (Å²) >= 11 is 0. The van der Waals surface area contributed by atoms with E-state index in [1.807, 2.05) is 0 Å². The highest BCUT2D eigenvalue weighted by Gasteiger charge is 2.29. The topological polar surface area (TPSA) is 44.4 Å². The highest BCUT2D eigenvalue weighted by molar-refractivity contribution is 5.78. The minimum Gasteiger partial charge on any atom is -0.352 e. The molecule has 2 rings (SSSR count). The molecule has 1 heterocycles. The molecule has 4 nitrogen and oxygen atoms in total. The van der Waals surface area contributed by atoms with E-state index in [9.17, 15) is 4.79 Å². The van der Waals surface area contributed by atoms with Crippen LogP contribution in [0.1, 0.15) is 40.0 Å². The molecule has 2 aliphatic rings. The molecule has 0 bridgehead atoms. The molecule has 4 unspecified atom stereocenters. The molecule has 1 saturated carbocycles. The summed E-state index contributed by atoms with van der Waals surface area (Å²) in [6, 6.07) is 0.844. The Labute approximate surface area is 117 Å². The molecule has 19 heavy (non-hydrogen) atoms. The van der Waals surface area contributed by atoms with Gasteiger partial charge in [0.05, 0.1) is 6.54 Å². The molecule has 110 valence electrons. The highest BCUT2D eigenvalue weighted by Crippen LogP contribution is 2.29. The second-order valence-electron chi connectivity index (χ2n) is 6.46. The third-order valence-electron chi connectivity index (χ3n) is 5.04. The van der Waals surface area contributed by atoms with Gasteiger partial charge in [0, 0.05) is 31.7 Å². The van der Waals surface area contributed by atoms with Crippen LogP contribution in [0, 0.1) is 11.8 Å². The Bertz CT molecular complexity index is 308. The Morgan fingerprint density at radius 1 is 1.32 bits per heavy atom. The van der Waals surface area contributed by atoms with Gasteiger partial charge in [0.25, 0.3) is 0 Å². The second kappa shape index (κ2) is 6.71. The molecular formula is C15H29N3O. The van der Waals surface area contributed by atoms with Crippen molar-refractivity contribution in [2.24, 2.45) is 11.8 Å². The standard InChI is InChI=1S/C15H29N3O/c1-11-5-4-6-14(13(11)3)17-15(19)10-18-8-7-16-9-12(18)2/h11-14,16H,4-10H2,1-3H3,(H,17,19). The first-order chi connectivity index (χ1) is 9.08. The fourth-order valence-electron chi connectivity index (χ4n) is 3.34. The number of carbonyl (C=O) groups excluding carboxylic acids is 1. The summed E-state index contributed by atoms with van der Waals surface area (Å²) in [6.07, 6.45) is 3.71. The quantitative estimate of drug-likeness (QED) is 0.808. The second-order valence-corrected chi connectivity index (χ2v) is 6.46. The zero-order valence-electron chi connectivity index (χ0n) is 12.6. The van der Waals surface area contributed by atoms with Gasteiger partial charge in [-0.15, -0.1) is 0 Å². The van der Waals surface area contributed by atoms with Gasteiger partial charge in [0.1, 0.15) is 0 Å². The van der Waals surface area contributed by atoms with Crippen molar-refractivity contribution >= 4 is 5.91 Å². The smallest absolute Gasteiger partial charge is 0.234 e. The minimum absolute atomic E-state index is 0.208. The summed E-state index contributed by atoms with van der Waals surface area (Å²) in [4.78, 5) is 14.5. The Kier molecular flexibility index (Phi) is 5.22. The van der Waals surface area contributed by atoms with Gasteiger partial charge in [-0.1, -0.05) is 26.7 Å². The van der Waals surface area contributed by atoms with E-state index in [4.69, 9.17) is 0 Å². The van der Waals surface area contributed by atoms with Crippen LogP contribution in [-0.2, 0) is 4.79 Å². The van der Waals surface area contributed by atoms with E-state index >= 15 is 0 Å². The lowest BCUT2D eigenvalue weighted by Crippen LogP contribution is -2.54. The van der Waals surface area contributed by atoms with E-state index in [0.29, 0.717) is 24.5 Å². The average molecular weight is 267 g/mol. The monoisotopic (exact) mass is 267 g/mol. The van der Waals surface area contributed by atoms with Gasteiger partial charge in [-0.25, -0.2) is 0 Å². The summed E-state index contributed by atoms with van der Waals surface area (Å²) in [5.41, 5.74) is 0. The van der Waals surface area contributed by atoms with Crippen molar-refractivity contribution in [1.29, 1.82) is 0 Å². The Morgan fingerprint density at radius 3 is 2.84 bits per heavy atom. The van der Waals surface area contributed by atoms with Crippen molar-refractivity contribution in [1.82, 2.24) is 15.5 Å². The Balaban J connectivity index is 1.80. The van der Waals surface area contributed by atoms with Crippen molar-refractivity contribution in [3.05, 3.63) is 0 Å². The van der Waals surface area contributed by atoms with Crippen molar-refractivity contribution < 1.29 is 4.79 Å². The number of nitrogens with one attached hydrogen (secondary N) is 2. The lowest BCUT2D eigenvalue weighted by Gasteiger charge is -2.36. The molecule has 4 heteroatoms.